The normalized spacial score (nSPS) is 14.9. The van der Waals surface area contributed by atoms with Crippen LogP contribution in [0.15, 0.2) is 53.7 Å². The molecule has 30 heavy (non-hydrogen) atoms. The van der Waals surface area contributed by atoms with Crippen LogP contribution >= 0.6 is 24.0 Å². The second-order valence-corrected chi connectivity index (χ2v) is 7.28. The fourth-order valence-corrected chi connectivity index (χ4v) is 3.36. The Morgan fingerprint density at radius 3 is 2.53 bits per heavy atom. The molecule has 1 aliphatic rings. The molecule has 1 aromatic carbocycles. The zero-order valence-electron chi connectivity index (χ0n) is 18.1. The van der Waals surface area contributed by atoms with Gasteiger partial charge in [-0.05, 0) is 44.0 Å². The summed E-state index contributed by atoms with van der Waals surface area (Å²) >= 11 is 0. The zero-order chi connectivity index (χ0) is 20.3. The fraction of sp³-hybridized carbons (Fsp3) is 0.478. The van der Waals surface area contributed by atoms with Crippen molar-refractivity contribution in [3.63, 3.8) is 0 Å². The summed E-state index contributed by atoms with van der Waals surface area (Å²) in [5.41, 5.74) is 2.29. The maximum absolute atomic E-state index is 5.83. The summed E-state index contributed by atoms with van der Waals surface area (Å²) < 4.78 is 5.83. The van der Waals surface area contributed by atoms with E-state index in [0.717, 1.165) is 76.2 Å². The average molecular weight is 523 g/mol. The van der Waals surface area contributed by atoms with Gasteiger partial charge in [0.2, 0.25) is 0 Å². The van der Waals surface area contributed by atoms with Gasteiger partial charge in [-0.2, -0.15) is 0 Å². The van der Waals surface area contributed by atoms with Gasteiger partial charge in [0.15, 0.2) is 5.96 Å². The Hall–Kier alpha value is -1.87. The Morgan fingerprint density at radius 1 is 1.10 bits per heavy atom. The Balaban J connectivity index is 0.00000320. The van der Waals surface area contributed by atoms with Crippen LogP contribution in [0.3, 0.4) is 0 Å². The SMILES string of the molecule is CCNC(=NCCc1ccc(C)nc1)N1CCN(CCOc2ccccc2)CC1.I. The summed E-state index contributed by atoms with van der Waals surface area (Å²) in [6.07, 6.45) is 2.87. The van der Waals surface area contributed by atoms with E-state index in [2.05, 4.69) is 39.2 Å². The highest BCUT2D eigenvalue weighted by Gasteiger charge is 2.19. The molecular formula is C23H34IN5O. The van der Waals surface area contributed by atoms with Crippen LogP contribution in [0.2, 0.25) is 0 Å². The molecule has 0 unspecified atom stereocenters. The lowest BCUT2D eigenvalue weighted by Gasteiger charge is -2.36. The quantitative estimate of drug-likeness (QED) is 0.327. The molecule has 0 radical (unpaired) electrons. The van der Waals surface area contributed by atoms with E-state index in [1.54, 1.807) is 0 Å². The molecule has 2 aromatic rings. The van der Waals surface area contributed by atoms with Gasteiger partial charge in [-0.25, -0.2) is 0 Å². The van der Waals surface area contributed by atoms with Crippen molar-refractivity contribution in [1.82, 2.24) is 20.1 Å². The van der Waals surface area contributed by atoms with Crippen LogP contribution in [0.1, 0.15) is 18.2 Å². The first-order valence-corrected chi connectivity index (χ1v) is 10.6. The number of benzene rings is 1. The van der Waals surface area contributed by atoms with Gasteiger partial charge in [-0.1, -0.05) is 24.3 Å². The fourth-order valence-electron chi connectivity index (χ4n) is 3.36. The second kappa shape index (κ2) is 13.4. The number of pyridine rings is 1. The van der Waals surface area contributed by atoms with Crippen molar-refractivity contribution in [3.8, 4) is 5.75 Å². The van der Waals surface area contributed by atoms with E-state index in [9.17, 15) is 0 Å². The van der Waals surface area contributed by atoms with E-state index in [1.165, 1.54) is 5.56 Å². The summed E-state index contributed by atoms with van der Waals surface area (Å²) in [4.78, 5) is 14.0. The van der Waals surface area contributed by atoms with Crippen molar-refractivity contribution in [3.05, 3.63) is 59.9 Å². The molecule has 2 heterocycles. The smallest absolute Gasteiger partial charge is 0.194 e. The number of nitrogens with zero attached hydrogens (tertiary/aromatic N) is 4. The van der Waals surface area contributed by atoms with Gasteiger partial charge in [-0.3, -0.25) is 14.9 Å². The molecule has 1 N–H and O–H groups in total. The molecule has 1 saturated heterocycles. The minimum atomic E-state index is 0. The molecule has 3 rings (SSSR count). The van der Waals surface area contributed by atoms with Gasteiger partial charge < -0.3 is 15.0 Å². The number of ether oxygens (including phenoxy) is 1. The molecule has 0 atom stereocenters. The molecule has 164 valence electrons. The minimum absolute atomic E-state index is 0. The summed E-state index contributed by atoms with van der Waals surface area (Å²) in [6, 6.07) is 14.2. The highest BCUT2D eigenvalue weighted by molar-refractivity contribution is 14.0. The largest absolute Gasteiger partial charge is 0.492 e. The number of aliphatic imine (C=N–C) groups is 1. The van der Waals surface area contributed by atoms with E-state index in [1.807, 2.05) is 43.5 Å². The van der Waals surface area contributed by atoms with Crippen molar-refractivity contribution < 1.29 is 4.74 Å². The molecule has 6 nitrogen and oxygen atoms in total. The van der Waals surface area contributed by atoms with E-state index in [4.69, 9.17) is 9.73 Å². The van der Waals surface area contributed by atoms with Crippen LogP contribution in [-0.2, 0) is 6.42 Å². The highest BCUT2D eigenvalue weighted by Crippen LogP contribution is 2.09. The molecule has 0 amide bonds. The number of halogens is 1. The highest BCUT2D eigenvalue weighted by atomic mass is 127. The van der Waals surface area contributed by atoms with Gasteiger partial charge in [0.1, 0.15) is 12.4 Å². The summed E-state index contributed by atoms with van der Waals surface area (Å²) in [5.74, 6) is 1.96. The van der Waals surface area contributed by atoms with Gasteiger partial charge in [0, 0.05) is 57.7 Å². The first-order chi connectivity index (χ1) is 14.2. The van der Waals surface area contributed by atoms with Crippen LogP contribution in [0.25, 0.3) is 0 Å². The maximum Gasteiger partial charge on any atom is 0.194 e. The second-order valence-electron chi connectivity index (χ2n) is 7.28. The molecule has 1 aromatic heterocycles. The third kappa shape index (κ3) is 8.10. The van der Waals surface area contributed by atoms with Crippen LogP contribution in [0, 0.1) is 6.92 Å². The zero-order valence-corrected chi connectivity index (χ0v) is 20.4. The first-order valence-electron chi connectivity index (χ1n) is 10.6. The average Bonchev–Trinajstić information content (AvgIpc) is 2.76. The number of guanidine groups is 1. The number of aryl methyl sites for hydroxylation is 1. The predicted molar refractivity (Wildman–Crippen MR) is 134 cm³/mol. The Bertz CT molecular complexity index is 746. The van der Waals surface area contributed by atoms with Gasteiger partial charge >= 0.3 is 0 Å². The van der Waals surface area contributed by atoms with Gasteiger partial charge in [0.05, 0.1) is 0 Å². The van der Waals surface area contributed by atoms with Crippen molar-refractivity contribution in [2.24, 2.45) is 4.99 Å². The van der Waals surface area contributed by atoms with Crippen LogP contribution in [-0.4, -0.2) is 73.2 Å². The Morgan fingerprint density at radius 2 is 1.87 bits per heavy atom. The molecule has 1 aliphatic heterocycles. The van der Waals surface area contributed by atoms with Crippen LogP contribution in [0.4, 0.5) is 0 Å². The van der Waals surface area contributed by atoms with Crippen LogP contribution in [0.5, 0.6) is 5.75 Å². The summed E-state index contributed by atoms with van der Waals surface area (Å²) in [6.45, 7) is 11.5. The molecule has 0 saturated carbocycles. The standard InChI is InChI=1S/C23H33N5O.HI/c1-3-24-23(25-12-11-21-10-9-20(2)26-19-21)28-15-13-27(14-16-28)17-18-29-22-7-5-4-6-8-22;/h4-10,19H,3,11-18H2,1-2H3,(H,24,25);1H. The van der Waals surface area contributed by atoms with E-state index in [0.29, 0.717) is 0 Å². The third-order valence-corrected chi connectivity index (χ3v) is 5.06. The number of rotatable bonds is 8. The van der Waals surface area contributed by atoms with Crippen LogP contribution < -0.4 is 10.1 Å². The maximum atomic E-state index is 5.83. The Labute approximate surface area is 197 Å². The van der Waals surface area contributed by atoms with Gasteiger partial charge in [0.25, 0.3) is 0 Å². The van der Waals surface area contributed by atoms with E-state index < -0.39 is 0 Å². The first kappa shape index (κ1) is 24.4. The number of hydrogen-bond donors (Lipinski definition) is 1. The van der Waals surface area contributed by atoms with Crippen molar-refractivity contribution in [1.29, 1.82) is 0 Å². The topological polar surface area (TPSA) is 53.0 Å². The lowest BCUT2D eigenvalue weighted by Crippen LogP contribution is -2.53. The molecule has 0 aliphatic carbocycles. The summed E-state index contributed by atoms with van der Waals surface area (Å²) in [7, 11) is 0. The predicted octanol–water partition coefficient (Wildman–Crippen LogP) is 3.21. The Kier molecular flexibility index (Phi) is 10.9. The molecule has 0 spiro atoms. The van der Waals surface area contributed by atoms with Gasteiger partial charge in [-0.15, -0.1) is 24.0 Å². The number of para-hydroxylation sites is 1. The molecular weight excluding hydrogens is 489 g/mol. The summed E-state index contributed by atoms with van der Waals surface area (Å²) in [5, 5.41) is 3.44. The minimum Gasteiger partial charge on any atom is -0.492 e. The lowest BCUT2D eigenvalue weighted by molar-refractivity contribution is 0.152. The third-order valence-electron chi connectivity index (χ3n) is 5.06. The molecule has 7 heteroatoms. The van der Waals surface area contributed by atoms with Crippen molar-refractivity contribution in [2.45, 2.75) is 20.3 Å². The van der Waals surface area contributed by atoms with Crippen molar-refractivity contribution >= 4 is 29.9 Å². The molecule has 0 bridgehead atoms. The monoisotopic (exact) mass is 523 g/mol. The number of aromatic nitrogens is 1. The van der Waals surface area contributed by atoms with Crippen molar-refractivity contribution in [2.75, 3.05) is 52.4 Å². The van der Waals surface area contributed by atoms with E-state index in [-0.39, 0.29) is 24.0 Å². The molecule has 1 fully saturated rings. The number of nitrogens with one attached hydrogen (secondary N) is 1. The van der Waals surface area contributed by atoms with E-state index >= 15 is 0 Å². The lowest BCUT2D eigenvalue weighted by atomic mass is 10.2. The number of piperazine rings is 1. The number of hydrogen-bond acceptors (Lipinski definition) is 4.